The van der Waals surface area contributed by atoms with Gasteiger partial charge in [-0.25, -0.2) is 4.39 Å². The van der Waals surface area contributed by atoms with Gasteiger partial charge in [0, 0.05) is 5.69 Å². The summed E-state index contributed by atoms with van der Waals surface area (Å²) in [6.07, 6.45) is 4.30. The first kappa shape index (κ1) is 12.4. The van der Waals surface area contributed by atoms with Gasteiger partial charge in [0.1, 0.15) is 5.82 Å². The van der Waals surface area contributed by atoms with Crippen molar-refractivity contribution < 1.29 is 9.50 Å². The highest BCUT2D eigenvalue weighted by atomic mass is 19.1. The SMILES string of the molecule is CCC1CCC(CO)(Nc2ccc(F)cc2)C1. The van der Waals surface area contributed by atoms with E-state index in [1.165, 1.54) is 12.1 Å². The summed E-state index contributed by atoms with van der Waals surface area (Å²) in [7, 11) is 0. The Balaban J connectivity index is 2.07. The average Bonchev–Trinajstić information content (AvgIpc) is 2.76. The van der Waals surface area contributed by atoms with E-state index in [4.69, 9.17) is 0 Å². The molecule has 3 heteroatoms. The second-order valence-electron chi connectivity index (χ2n) is 5.09. The number of aliphatic hydroxyl groups excluding tert-OH is 1. The van der Waals surface area contributed by atoms with E-state index in [1.807, 2.05) is 0 Å². The van der Waals surface area contributed by atoms with Gasteiger partial charge in [-0.2, -0.15) is 0 Å². The Bertz CT molecular complexity index is 365. The number of aliphatic hydroxyl groups is 1. The predicted molar refractivity (Wildman–Crippen MR) is 67.5 cm³/mol. The standard InChI is InChI=1S/C14H20FNO/c1-2-11-7-8-14(9-11,10-17)16-13-5-3-12(15)4-6-13/h3-6,11,16-17H,2,7-10H2,1H3. The Morgan fingerprint density at radius 1 is 1.41 bits per heavy atom. The van der Waals surface area contributed by atoms with Gasteiger partial charge in [0.05, 0.1) is 12.1 Å². The molecule has 1 aliphatic carbocycles. The Kier molecular flexibility index (Phi) is 3.67. The van der Waals surface area contributed by atoms with Crippen LogP contribution in [-0.4, -0.2) is 17.3 Å². The van der Waals surface area contributed by atoms with Crippen LogP contribution in [0.5, 0.6) is 0 Å². The summed E-state index contributed by atoms with van der Waals surface area (Å²) >= 11 is 0. The smallest absolute Gasteiger partial charge is 0.123 e. The molecule has 0 radical (unpaired) electrons. The lowest BCUT2D eigenvalue weighted by Crippen LogP contribution is -2.39. The molecule has 2 rings (SSSR count). The number of rotatable bonds is 4. The zero-order chi connectivity index (χ0) is 12.3. The number of benzene rings is 1. The number of halogens is 1. The molecule has 0 amide bonds. The van der Waals surface area contributed by atoms with E-state index in [0.29, 0.717) is 5.92 Å². The molecule has 1 aliphatic rings. The van der Waals surface area contributed by atoms with E-state index >= 15 is 0 Å². The van der Waals surface area contributed by atoms with Crippen molar-refractivity contribution in [2.24, 2.45) is 5.92 Å². The Morgan fingerprint density at radius 3 is 2.65 bits per heavy atom. The fourth-order valence-electron chi connectivity index (χ4n) is 2.72. The first-order valence-electron chi connectivity index (χ1n) is 6.32. The maximum atomic E-state index is 12.8. The molecule has 0 heterocycles. The van der Waals surface area contributed by atoms with Crippen LogP contribution < -0.4 is 5.32 Å². The second-order valence-corrected chi connectivity index (χ2v) is 5.09. The maximum absolute atomic E-state index is 12.8. The van der Waals surface area contributed by atoms with Crippen LogP contribution in [0.4, 0.5) is 10.1 Å². The lowest BCUT2D eigenvalue weighted by Gasteiger charge is -2.30. The monoisotopic (exact) mass is 237 g/mol. The van der Waals surface area contributed by atoms with Crippen molar-refractivity contribution in [2.45, 2.75) is 38.1 Å². The van der Waals surface area contributed by atoms with Crippen LogP contribution in [0.1, 0.15) is 32.6 Å². The molecule has 2 nitrogen and oxygen atoms in total. The number of nitrogens with one attached hydrogen (secondary N) is 1. The molecule has 2 atom stereocenters. The largest absolute Gasteiger partial charge is 0.394 e. The molecule has 0 aliphatic heterocycles. The Hall–Kier alpha value is -1.09. The van der Waals surface area contributed by atoms with Crippen molar-refractivity contribution in [1.82, 2.24) is 0 Å². The van der Waals surface area contributed by atoms with E-state index in [-0.39, 0.29) is 18.0 Å². The predicted octanol–water partition coefficient (Wildman–Crippen LogP) is 3.18. The van der Waals surface area contributed by atoms with Gasteiger partial charge in [0.25, 0.3) is 0 Å². The van der Waals surface area contributed by atoms with Gasteiger partial charge >= 0.3 is 0 Å². The molecule has 94 valence electrons. The Morgan fingerprint density at radius 2 is 2.12 bits per heavy atom. The first-order chi connectivity index (χ1) is 8.17. The van der Waals surface area contributed by atoms with Crippen LogP contribution in [0.15, 0.2) is 24.3 Å². The van der Waals surface area contributed by atoms with Crippen LogP contribution >= 0.6 is 0 Å². The summed E-state index contributed by atoms with van der Waals surface area (Å²) in [6, 6.07) is 6.34. The molecule has 1 fully saturated rings. The van der Waals surface area contributed by atoms with Gasteiger partial charge in [0.15, 0.2) is 0 Å². The normalized spacial score (nSPS) is 28.3. The summed E-state index contributed by atoms with van der Waals surface area (Å²) in [4.78, 5) is 0. The molecule has 1 aromatic rings. The molecular weight excluding hydrogens is 217 g/mol. The van der Waals surface area contributed by atoms with Crippen molar-refractivity contribution in [1.29, 1.82) is 0 Å². The lowest BCUT2D eigenvalue weighted by molar-refractivity contribution is 0.210. The molecule has 2 unspecified atom stereocenters. The highest BCUT2D eigenvalue weighted by molar-refractivity contribution is 5.46. The van der Waals surface area contributed by atoms with E-state index < -0.39 is 0 Å². The lowest BCUT2D eigenvalue weighted by atomic mass is 9.95. The van der Waals surface area contributed by atoms with Crippen LogP contribution in [-0.2, 0) is 0 Å². The highest BCUT2D eigenvalue weighted by Crippen LogP contribution is 2.38. The molecule has 0 aromatic heterocycles. The second kappa shape index (κ2) is 5.05. The van der Waals surface area contributed by atoms with Crippen LogP contribution in [0.3, 0.4) is 0 Å². The minimum Gasteiger partial charge on any atom is -0.394 e. The van der Waals surface area contributed by atoms with Crippen LogP contribution in [0, 0.1) is 11.7 Å². The molecule has 0 bridgehead atoms. The molecular formula is C14H20FNO. The third-order valence-electron chi connectivity index (χ3n) is 3.84. The molecule has 17 heavy (non-hydrogen) atoms. The fourth-order valence-corrected chi connectivity index (χ4v) is 2.72. The van der Waals surface area contributed by atoms with Gasteiger partial charge in [-0.1, -0.05) is 13.3 Å². The van der Waals surface area contributed by atoms with Crippen molar-refractivity contribution in [3.05, 3.63) is 30.1 Å². The van der Waals surface area contributed by atoms with E-state index in [1.54, 1.807) is 12.1 Å². The van der Waals surface area contributed by atoms with Gasteiger partial charge < -0.3 is 10.4 Å². The average molecular weight is 237 g/mol. The van der Waals surface area contributed by atoms with Gasteiger partial charge in [-0.15, -0.1) is 0 Å². The van der Waals surface area contributed by atoms with Crippen molar-refractivity contribution in [3.63, 3.8) is 0 Å². The molecule has 1 aromatic carbocycles. The fraction of sp³-hybridized carbons (Fsp3) is 0.571. The third kappa shape index (κ3) is 2.78. The van der Waals surface area contributed by atoms with Crippen LogP contribution in [0.2, 0.25) is 0 Å². The van der Waals surface area contributed by atoms with Crippen LogP contribution in [0.25, 0.3) is 0 Å². The minimum absolute atomic E-state index is 0.140. The summed E-state index contributed by atoms with van der Waals surface area (Å²) in [5.74, 6) is 0.460. The molecule has 0 spiro atoms. The minimum atomic E-state index is -0.230. The molecule has 1 saturated carbocycles. The quantitative estimate of drug-likeness (QED) is 0.843. The summed E-state index contributed by atoms with van der Waals surface area (Å²) < 4.78 is 12.8. The van der Waals surface area contributed by atoms with Gasteiger partial charge in [-0.3, -0.25) is 0 Å². The Labute approximate surface area is 102 Å². The number of anilines is 1. The topological polar surface area (TPSA) is 32.3 Å². The summed E-state index contributed by atoms with van der Waals surface area (Å²) in [6.45, 7) is 2.33. The van der Waals surface area contributed by atoms with Crippen molar-refractivity contribution in [2.75, 3.05) is 11.9 Å². The van der Waals surface area contributed by atoms with Gasteiger partial charge in [0.2, 0.25) is 0 Å². The van der Waals surface area contributed by atoms with E-state index in [2.05, 4.69) is 12.2 Å². The van der Waals surface area contributed by atoms with Crippen molar-refractivity contribution >= 4 is 5.69 Å². The zero-order valence-corrected chi connectivity index (χ0v) is 10.2. The van der Waals surface area contributed by atoms with E-state index in [0.717, 1.165) is 31.4 Å². The number of hydrogen-bond acceptors (Lipinski definition) is 2. The number of hydrogen-bond donors (Lipinski definition) is 2. The molecule has 0 saturated heterocycles. The highest BCUT2D eigenvalue weighted by Gasteiger charge is 2.37. The van der Waals surface area contributed by atoms with Crippen molar-refractivity contribution in [3.8, 4) is 0 Å². The van der Waals surface area contributed by atoms with E-state index in [9.17, 15) is 9.50 Å². The maximum Gasteiger partial charge on any atom is 0.123 e. The summed E-state index contributed by atoms with van der Waals surface area (Å²) in [5, 5.41) is 13.0. The summed E-state index contributed by atoms with van der Waals surface area (Å²) in [5.41, 5.74) is 0.676. The zero-order valence-electron chi connectivity index (χ0n) is 10.2. The molecule has 2 N–H and O–H groups in total. The first-order valence-corrected chi connectivity index (χ1v) is 6.32. The van der Waals surface area contributed by atoms with Gasteiger partial charge in [-0.05, 0) is 49.4 Å². The third-order valence-corrected chi connectivity index (χ3v) is 3.84.